The molecule has 0 saturated carbocycles. The summed E-state index contributed by atoms with van der Waals surface area (Å²) in [5, 5.41) is 7.05. The summed E-state index contributed by atoms with van der Waals surface area (Å²) in [6.45, 7) is 4.72. The van der Waals surface area contributed by atoms with Crippen molar-refractivity contribution in [3.05, 3.63) is 254 Å². The van der Waals surface area contributed by atoms with Gasteiger partial charge < -0.3 is 19.3 Å². The molecule has 73 heavy (non-hydrogen) atoms. The first-order valence-electron chi connectivity index (χ1n) is 25.2. The second-order valence-electron chi connectivity index (χ2n) is 20.0. The van der Waals surface area contributed by atoms with Crippen molar-refractivity contribution in [2.75, 3.05) is 9.80 Å². The zero-order valence-corrected chi connectivity index (χ0v) is 40.3. The Bertz CT molecular complexity index is 4190. The van der Waals surface area contributed by atoms with Crippen molar-refractivity contribution >= 4 is 66.4 Å². The van der Waals surface area contributed by atoms with Gasteiger partial charge >= 0.3 is 0 Å². The van der Waals surface area contributed by atoms with Crippen molar-refractivity contribution in [2.45, 2.75) is 19.3 Å². The summed E-state index contributed by atoms with van der Waals surface area (Å²) >= 11 is 0. The number of para-hydroxylation sites is 8. The van der Waals surface area contributed by atoms with Gasteiger partial charge in [0.25, 0.3) is 0 Å². The largest absolute Gasteiger partial charge is 0.453 e. The molecule has 12 aromatic carbocycles. The fourth-order valence-corrected chi connectivity index (χ4v) is 12.2. The molecule has 0 aromatic heterocycles. The Hall–Kier alpha value is -9.38. The number of hydrogen-bond donors (Lipinski definition) is 0. The summed E-state index contributed by atoms with van der Waals surface area (Å²) in [6, 6.07) is 88.3. The maximum Gasteiger partial charge on any atom is 0.151 e. The van der Waals surface area contributed by atoms with E-state index in [0.717, 1.165) is 78.8 Å². The Balaban J connectivity index is 1.03. The molecule has 0 atom stereocenters. The third-order valence-electron chi connectivity index (χ3n) is 15.6. The van der Waals surface area contributed by atoms with Gasteiger partial charge in [0.05, 0.1) is 22.7 Å². The van der Waals surface area contributed by atoms with Crippen molar-refractivity contribution in [1.82, 2.24) is 0 Å². The normalized spacial score (nSPS) is 13.6. The quantitative estimate of drug-likeness (QED) is 0.161. The van der Waals surface area contributed by atoms with Crippen LogP contribution in [0.5, 0.6) is 23.0 Å². The summed E-state index contributed by atoms with van der Waals surface area (Å²) in [5.41, 5.74) is 18.4. The predicted molar refractivity (Wildman–Crippen MR) is 302 cm³/mol. The lowest BCUT2D eigenvalue weighted by Gasteiger charge is -2.33. The lowest BCUT2D eigenvalue weighted by atomic mass is 9.81. The van der Waals surface area contributed by atoms with Gasteiger partial charge in [0, 0.05) is 16.8 Å². The smallest absolute Gasteiger partial charge is 0.151 e. The topological polar surface area (TPSA) is 24.9 Å². The second kappa shape index (κ2) is 15.8. The molecule has 15 rings (SSSR count). The number of hydrogen-bond acceptors (Lipinski definition) is 4. The van der Waals surface area contributed by atoms with E-state index in [2.05, 4.69) is 242 Å². The third-order valence-corrected chi connectivity index (χ3v) is 15.6. The zero-order chi connectivity index (χ0) is 48.4. The molecular weight excluding hydrogens is 889 g/mol. The number of benzene rings is 12. The maximum absolute atomic E-state index is 6.55. The third kappa shape index (κ3) is 6.27. The monoisotopic (exact) mass is 934 g/mol. The van der Waals surface area contributed by atoms with E-state index >= 15 is 0 Å². The second-order valence-corrected chi connectivity index (χ2v) is 20.0. The molecule has 4 heteroatoms. The molecule has 0 saturated heterocycles. The molecule has 2 aliphatic heterocycles. The van der Waals surface area contributed by atoms with Crippen LogP contribution in [0.3, 0.4) is 0 Å². The molecule has 0 N–H and O–H groups in total. The van der Waals surface area contributed by atoms with Crippen LogP contribution in [0.2, 0.25) is 0 Å². The van der Waals surface area contributed by atoms with E-state index < -0.39 is 0 Å². The van der Waals surface area contributed by atoms with Crippen LogP contribution in [-0.2, 0) is 5.41 Å². The first kappa shape index (κ1) is 41.4. The van der Waals surface area contributed by atoms with E-state index in [4.69, 9.17) is 9.47 Å². The average molecular weight is 935 g/mol. The van der Waals surface area contributed by atoms with Gasteiger partial charge in [-0.1, -0.05) is 172 Å². The van der Waals surface area contributed by atoms with Crippen molar-refractivity contribution in [3.8, 4) is 67.5 Å². The highest BCUT2D eigenvalue weighted by atomic mass is 16.5. The van der Waals surface area contributed by atoms with Crippen LogP contribution in [0.25, 0.3) is 76.8 Å². The number of rotatable bonds is 5. The van der Waals surface area contributed by atoms with Gasteiger partial charge in [-0.3, -0.25) is 0 Å². The molecule has 3 aliphatic rings. The van der Waals surface area contributed by atoms with Crippen LogP contribution in [0.4, 0.5) is 34.1 Å². The molecular formula is C69H46N2O2. The van der Waals surface area contributed by atoms with E-state index in [-0.39, 0.29) is 5.41 Å². The van der Waals surface area contributed by atoms with E-state index in [0.29, 0.717) is 0 Å². The molecule has 0 radical (unpaired) electrons. The average Bonchev–Trinajstić information content (AvgIpc) is 3.69. The first-order chi connectivity index (χ1) is 36.0. The standard InChI is InChI=1S/C69H46N2O2/c1-69(2)57-24-6-5-22-50(57)51-36-33-45(40-58(51)69)44-19-15-20-46(39-44)67-53-37-34-48(71-61-27-9-13-31-65(61)73-66-32-14-10-28-62(66)71)42-56(53)68(52-23-16-18-43-17-3-4-21-49(43)52)54-38-35-47(41-55(54)67)70-59-25-7-11-29-63(59)72-64-30-12-8-26-60(64)70/h3-42H,1-2H3. The van der Waals surface area contributed by atoms with Crippen LogP contribution >= 0.6 is 0 Å². The van der Waals surface area contributed by atoms with Crippen LogP contribution in [-0.4, -0.2) is 0 Å². The molecule has 12 aromatic rings. The summed E-state index contributed by atoms with van der Waals surface area (Å²) in [5.74, 6) is 3.29. The Morgan fingerprint density at radius 2 is 0.767 bits per heavy atom. The Morgan fingerprint density at radius 1 is 0.301 bits per heavy atom. The highest BCUT2D eigenvalue weighted by molar-refractivity contribution is 6.25. The number of nitrogens with zero attached hydrogens (tertiary/aromatic N) is 2. The van der Waals surface area contributed by atoms with E-state index in [1.54, 1.807) is 0 Å². The SMILES string of the molecule is CC1(C)c2ccccc2-c2ccc(-c3cccc(-c4c5cc(N6c7ccccc7Oc7ccccc76)ccc5c(-c5cccc6ccccc56)c5cc(N6c7ccccc7Oc7ccccc76)ccc45)c3)cc21. The summed E-state index contributed by atoms with van der Waals surface area (Å²) in [6.07, 6.45) is 0. The van der Waals surface area contributed by atoms with Gasteiger partial charge in [0.2, 0.25) is 0 Å². The molecule has 0 amide bonds. The van der Waals surface area contributed by atoms with Crippen molar-refractivity contribution in [3.63, 3.8) is 0 Å². The molecule has 0 fully saturated rings. The Kier molecular flexibility index (Phi) is 8.97. The van der Waals surface area contributed by atoms with Crippen molar-refractivity contribution in [2.24, 2.45) is 0 Å². The van der Waals surface area contributed by atoms with E-state index in [9.17, 15) is 0 Å². The fraction of sp³-hybridized carbons (Fsp3) is 0.0435. The summed E-state index contributed by atoms with van der Waals surface area (Å²) < 4.78 is 13.1. The molecule has 0 spiro atoms. The highest BCUT2D eigenvalue weighted by Crippen LogP contribution is 2.56. The number of fused-ring (bicyclic) bond motifs is 10. The fourth-order valence-electron chi connectivity index (χ4n) is 12.2. The maximum atomic E-state index is 6.55. The molecule has 1 aliphatic carbocycles. The molecule has 4 nitrogen and oxygen atoms in total. The lowest BCUT2D eigenvalue weighted by molar-refractivity contribution is 0.477. The minimum absolute atomic E-state index is 0.115. The summed E-state index contributed by atoms with van der Waals surface area (Å²) in [7, 11) is 0. The number of anilines is 6. The van der Waals surface area contributed by atoms with Crippen LogP contribution in [0, 0.1) is 0 Å². The molecule has 0 unspecified atom stereocenters. The molecule has 2 heterocycles. The van der Waals surface area contributed by atoms with Gasteiger partial charge in [-0.05, 0) is 173 Å². The number of ether oxygens (including phenoxy) is 2. The van der Waals surface area contributed by atoms with Gasteiger partial charge in [0.15, 0.2) is 23.0 Å². The highest BCUT2D eigenvalue weighted by Gasteiger charge is 2.36. The van der Waals surface area contributed by atoms with Crippen molar-refractivity contribution in [1.29, 1.82) is 0 Å². The Morgan fingerprint density at radius 3 is 1.41 bits per heavy atom. The predicted octanol–water partition coefficient (Wildman–Crippen LogP) is 19.6. The van der Waals surface area contributed by atoms with Crippen LogP contribution < -0.4 is 19.3 Å². The van der Waals surface area contributed by atoms with Crippen molar-refractivity contribution < 1.29 is 9.47 Å². The zero-order valence-electron chi connectivity index (χ0n) is 40.3. The summed E-state index contributed by atoms with van der Waals surface area (Å²) in [4.78, 5) is 4.71. The Labute approximate surface area is 424 Å². The van der Waals surface area contributed by atoms with Gasteiger partial charge in [-0.25, -0.2) is 0 Å². The van der Waals surface area contributed by atoms with E-state index in [1.807, 2.05) is 24.3 Å². The minimum Gasteiger partial charge on any atom is -0.453 e. The van der Waals surface area contributed by atoms with Gasteiger partial charge in [-0.2, -0.15) is 0 Å². The molecule has 0 bridgehead atoms. The lowest BCUT2D eigenvalue weighted by Crippen LogP contribution is -2.16. The van der Waals surface area contributed by atoms with Crippen LogP contribution in [0.15, 0.2) is 243 Å². The first-order valence-corrected chi connectivity index (χ1v) is 25.2. The minimum atomic E-state index is -0.115. The van der Waals surface area contributed by atoms with E-state index in [1.165, 1.54) is 66.2 Å². The molecule has 344 valence electrons. The van der Waals surface area contributed by atoms with Crippen LogP contribution in [0.1, 0.15) is 25.0 Å². The van der Waals surface area contributed by atoms with Gasteiger partial charge in [0.1, 0.15) is 0 Å². The van der Waals surface area contributed by atoms with Gasteiger partial charge in [-0.15, -0.1) is 0 Å².